The summed E-state index contributed by atoms with van der Waals surface area (Å²) in [5, 5.41) is 7.64. The lowest BCUT2D eigenvalue weighted by Crippen LogP contribution is -2.39. The van der Waals surface area contributed by atoms with Crippen molar-refractivity contribution in [1.82, 2.24) is 23.9 Å². The topological polar surface area (TPSA) is 111 Å². The average Bonchev–Trinajstić information content (AvgIpc) is 3.34. The van der Waals surface area contributed by atoms with Crippen molar-refractivity contribution in [1.29, 1.82) is 0 Å². The molecule has 1 saturated carbocycles. The van der Waals surface area contributed by atoms with Crippen molar-refractivity contribution in [2.45, 2.75) is 70.1 Å². The molecule has 1 atom stereocenters. The molecule has 1 aliphatic carbocycles. The van der Waals surface area contributed by atoms with E-state index in [9.17, 15) is 8.42 Å². The summed E-state index contributed by atoms with van der Waals surface area (Å²) in [6, 6.07) is 7.91. The van der Waals surface area contributed by atoms with Gasteiger partial charge in [-0.25, -0.2) is 12.7 Å². The number of nitrogens with one attached hydrogen (secondary N) is 1. The van der Waals surface area contributed by atoms with E-state index >= 15 is 0 Å². The monoisotopic (exact) mass is 530 g/mol. The highest BCUT2D eigenvalue weighted by molar-refractivity contribution is 7.89. The number of ether oxygens (including phenoxy) is 2. The molecule has 37 heavy (non-hydrogen) atoms. The third-order valence-corrected chi connectivity index (χ3v) is 9.35. The Morgan fingerprint density at radius 2 is 1.92 bits per heavy atom. The summed E-state index contributed by atoms with van der Waals surface area (Å²) in [6.07, 6.45) is 6.30. The molecule has 1 aliphatic rings. The summed E-state index contributed by atoms with van der Waals surface area (Å²) in [5.41, 5.74) is 2.66. The number of aromatic nitrogens is 4. The van der Waals surface area contributed by atoms with Crippen molar-refractivity contribution >= 4 is 21.6 Å². The third-order valence-electron chi connectivity index (χ3n) is 6.98. The van der Waals surface area contributed by atoms with Crippen LogP contribution in [0.1, 0.15) is 76.0 Å². The summed E-state index contributed by atoms with van der Waals surface area (Å²) in [6.45, 7) is 6.57. The number of sulfonamides is 1. The second-order valence-corrected chi connectivity index (χ2v) is 12.3. The summed E-state index contributed by atoms with van der Waals surface area (Å²) in [5.74, 6) is 1.47. The third kappa shape index (κ3) is 6.15. The zero-order valence-electron chi connectivity index (χ0n) is 22.3. The van der Waals surface area contributed by atoms with Gasteiger partial charge in [-0.1, -0.05) is 45.2 Å². The SMILES string of the molecule is COc1cccc([C@H](C)Nc2nc(OCCN(C)S(=O)(=O)C3CCCCC3)nc3c(C(C)C)cnn23)c1. The Bertz CT molecular complexity index is 1300. The molecular formula is C26H38N6O4S. The standard InChI is InChI=1S/C26H38N6O4S/c1-18(2)23-17-27-32-24(23)29-26(30-25(32)28-19(3)20-10-9-11-21(16-20)35-5)36-15-14-31(4)37(33,34)22-12-7-6-8-13-22/h9-11,16-19,22H,6-8,12-15H2,1-5H3,(H,28,29,30)/t19-/m0/s1. The number of hydrogen-bond donors (Lipinski definition) is 1. The van der Waals surface area contributed by atoms with E-state index in [1.54, 1.807) is 24.9 Å². The fourth-order valence-electron chi connectivity index (χ4n) is 4.64. The Balaban J connectivity index is 1.52. The highest BCUT2D eigenvalue weighted by Gasteiger charge is 2.30. The number of anilines is 1. The summed E-state index contributed by atoms with van der Waals surface area (Å²) in [7, 11) is -0.0831. The number of hydrogen-bond acceptors (Lipinski definition) is 8. The van der Waals surface area contributed by atoms with Crippen molar-refractivity contribution in [3.05, 3.63) is 41.6 Å². The van der Waals surface area contributed by atoms with E-state index < -0.39 is 10.0 Å². The molecule has 10 nitrogen and oxygen atoms in total. The average molecular weight is 531 g/mol. The number of fused-ring (bicyclic) bond motifs is 1. The predicted molar refractivity (Wildman–Crippen MR) is 144 cm³/mol. The molecule has 0 bridgehead atoms. The molecule has 0 radical (unpaired) electrons. The minimum atomic E-state index is -3.34. The summed E-state index contributed by atoms with van der Waals surface area (Å²) < 4.78 is 40.3. The van der Waals surface area contributed by atoms with Crippen LogP contribution in [0.25, 0.3) is 5.65 Å². The molecule has 0 saturated heterocycles. The van der Waals surface area contributed by atoms with Gasteiger partial charge in [-0.3, -0.25) is 0 Å². The molecule has 1 N–H and O–H groups in total. The lowest BCUT2D eigenvalue weighted by atomic mass is 10.0. The van der Waals surface area contributed by atoms with Gasteiger partial charge in [0, 0.05) is 19.2 Å². The van der Waals surface area contributed by atoms with Gasteiger partial charge in [0.25, 0.3) is 0 Å². The Hall–Kier alpha value is -2.92. The van der Waals surface area contributed by atoms with Crippen LogP contribution in [-0.4, -0.2) is 64.9 Å². The maximum atomic E-state index is 13.0. The Kier molecular flexibility index (Phi) is 8.53. The Labute approximate surface area is 219 Å². The lowest BCUT2D eigenvalue weighted by molar-refractivity contribution is 0.265. The molecule has 3 aromatic rings. The van der Waals surface area contributed by atoms with Crippen LogP contribution in [0.2, 0.25) is 0 Å². The number of rotatable bonds is 11. The lowest BCUT2D eigenvalue weighted by Gasteiger charge is -2.27. The van der Waals surface area contributed by atoms with Crippen molar-refractivity contribution in [2.75, 3.05) is 32.6 Å². The number of likely N-dealkylation sites (N-methyl/N-ethyl adjacent to an activating group) is 1. The van der Waals surface area contributed by atoms with Gasteiger partial charge in [0.1, 0.15) is 12.4 Å². The van der Waals surface area contributed by atoms with Crippen LogP contribution in [0.5, 0.6) is 11.8 Å². The molecule has 1 aromatic carbocycles. The number of nitrogens with zero attached hydrogens (tertiary/aromatic N) is 5. The maximum absolute atomic E-state index is 13.0. The van der Waals surface area contributed by atoms with Gasteiger partial charge in [-0.05, 0) is 43.4 Å². The van der Waals surface area contributed by atoms with E-state index in [1.165, 1.54) is 4.31 Å². The first-order valence-electron chi connectivity index (χ1n) is 12.9. The molecule has 0 aliphatic heterocycles. The first kappa shape index (κ1) is 27.1. The van der Waals surface area contributed by atoms with E-state index in [2.05, 4.69) is 34.2 Å². The quantitative estimate of drug-likeness (QED) is 0.388. The Morgan fingerprint density at radius 1 is 1.16 bits per heavy atom. The molecule has 2 heterocycles. The molecule has 1 fully saturated rings. The number of methoxy groups -OCH3 is 1. The maximum Gasteiger partial charge on any atom is 0.321 e. The molecule has 0 amide bonds. The van der Waals surface area contributed by atoms with Crippen LogP contribution in [0.4, 0.5) is 5.95 Å². The normalized spacial score (nSPS) is 15.9. The molecule has 2 aromatic heterocycles. The van der Waals surface area contributed by atoms with Crippen LogP contribution in [0.15, 0.2) is 30.5 Å². The minimum absolute atomic E-state index is 0.0977. The highest BCUT2D eigenvalue weighted by atomic mass is 32.2. The second kappa shape index (κ2) is 11.6. The van der Waals surface area contributed by atoms with Crippen molar-refractivity contribution < 1.29 is 17.9 Å². The zero-order chi connectivity index (χ0) is 26.6. The smallest absolute Gasteiger partial charge is 0.321 e. The van der Waals surface area contributed by atoms with Crippen LogP contribution < -0.4 is 14.8 Å². The molecule has 0 spiro atoms. The van der Waals surface area contributed by atoms with Gasteiger partial charge in [-0.15, -0.1) is 0 Å². The largest absolute Gasteiger partial charge is 0.497 e. The van der Waals surface area contributed by atoms with E-state index in [1.807, 2.05) is 31.2 Å². The van der Waals surface area contributed by atoms with Gasteiger partial charge in [-0.2, -0.15) is 19.6 Å². The van der Waals surface area contributed by atoms with Gasteiger partial charge in [0.2, 0.25) is 16.0 Å². The molecular weight excluding hydrogens is 492 g/mol. The predicted octanol–water partition coefficient (Wildman–Crippen LogP) is 4.40. The minimum Gasteiger partial charge on any atom is -0.497 e. The van der Waals surface area contributed by atoms with Crippen LogP contribution in [0.3, 0.4) is 0 Å². The van der Waals surface area contributed by atoms with Crippen molar-refractivity contribution in [3.8, 4) is 11.8 Å². The van der Waals surface area contributed by atoms with Crippen molar-refractivity contribution in [3.63, 3.8) is 0 Å². The first-order valence-corrected chi connectivity index (χ1v) is 14.4. The van der Waals surface area contributed by atoms with Gasteiger partial charge in [0.15, 0.2) is 5.65 Å². The summed E-state index contributed by atoms with van der Waals surface area (Å²) >= 11 is 0. The van der Waals surface area contributed by atoms with E-state index in [4.69, 9.17) is 9.47 Å². The van der Waals surface area contributed by atoms with Gasteiger partial charge in [0.05, 0.1) is 24.6 Å². The van der Waals surface area contributed by atoms with Crippen LogP contribution in [0, 0.1) is 0 Å². The van der Waals surface area contributed by atoms with Crippen molar-refractivity contribution in [2.24, 2.45) is 0 Å². The van der Waals surface area contributed by atoms with Crippen LogP contribution in [-0.2, 0) is 10.0 Å². The fourth-order valence-corrected chi connectivity index (χ4v) is 6.41. The van der Waals surface area contributed by atoms with E-state index in [0.29, 0.717) is 11.6 Å². The highest BCUT2D eigenvalue weighted by Crippen LogP contribution is 2.27. The zero-order valence-corrected chi connectivity index (χ0v) is 23.2. The van der Waals surface area contributed by atoms with Gasteiger partial charge >= 0.3 is 6.01 Å². The van der Waals surface area contributed by atoms with Gasteiger partial charge < -0.3 is 14.8 Å². The molecule has 11 heteroatoms. The summed E-state index contributed by atoms with van der Waals surface area (Å²) in [4.78, 5) is 9.20. The molecule has 4 rings (SSSR count). The molecule has 202 valence electrons. The number of benzene rings is 1. The second-order valence-electron chi connectivity index (χ2n) is 9.94. The van der Waals surface area contributed by atoms with E-state index in [0.717, 1.165) is 49.0 Å². The first-order chi connectivity index (χ1) is 17.7. The molecule has 0 unspecified atom stereocenters. The fraction of sp³-hybridized carbons (Fsp3) is 0.577. The Morgan fingerprint density at radius 3 is 2.62 bits per heavy atom. The van der Waals surface area contributed by atoms with Crippen LogP contribution >= 0.6 is 0 Å². The van der Waals surface area contributed by atoms with E-state index in [-0.39, 0.29) is 36.4 Å².